The van der Waals surface area contributed by atoms with Crippen LogP contribution >= 0.6 is 0 Å². The van der Waals surface area contributed by atoms with E-state index in [-0.39, 0.29) is 17.2 Å². The number of nitrogens with one attached hydrogen (secondary N) is 1. The van der Waals surface area contributed by atoms with Crippen LogP contribution < -0.4 is 5.32 Å². The lowest BCUT2D eigenvalue weighted by Gasteiger charge is -1.95. The summed E-state index contributed by atoms with van der Waals surface area (Å²) in [4.78, 5) is 14.5. The zero-order valence-electron chi connectivity index (χ0n) is 10.6. The smallest absolute Gasteiger partial charge is 0.300 e. The molecule has 0 amide bonds. The Morgan fingerprint density at radius 3 is 3.05 bits per heavy atom. The van der Waals surface area contributed by atoms with E-state index >= 15 is 0 Å². The van der Waals surface area contributed by atoms with Gasteiger partial charge in [-0.25, -0.2) is 0 Å². The first kappa shape index (κ1) is 12.2. The second kappa shape index (κ2) is 4.65. The van der Waals surface area contributed by atoms with Crippen LogP contribution in [0, 0.1) is 10.1 Å². The molecule has 1 N–H and O–H groups in total. The van der Waals surface area contributed by atoms with Gasteiger partial charge in [0, 0.05) is 18.8 Å². The number of non-ortho nitro benzene ring substituents is 1. The van der Waals surface area contributed by atoms with E-state index in [0.717, 1.165) is 6.54 Å². The third kappa shape index (κ3) is 2.07. The molecule has 8 heteroatoms. The van der Waals surface area contributed by atoms with E-state index in [0.29, 0.717) is 11.3 Å². The van der Waals surface area contributed by atoms with Crippen molar-refractivity contribution in [2.45, 2.75) is 13.5 Å². The van der Waals surface area contributed by atoms with Gasteiger partial charge in [0.2, 0.25) is 0 Å². The molecule has 2 heterocycles. The van der Waals surface area contributed by atoms with Gasteiger partial charge in [-0.1, -0.05) is 6.07 Å². The number of benzene rings is 1. The summed E-state index contributed by atoms with van der Waals surface area (Å²) in [7, 11) is 0. The standard InChI is InChI=1S/C12H11N5O3/c1-2-16-7-8(6-13-16)14-12-15-11-9(17(18)19)4-3-5-10(11)20-12/h3-7H,2H2,1H3,(H,14,15). The van der Waals surface area contributed by atoms with Gasteiger partial charge in [-0.05, 0) is 13.0 Å². The zero-order chi connectivity index (χ0) is 14.1. The summed E-state index contributed by atoms with van der Waals surface area (Å²) in [5.74, 6) is 0. The number of aryl methyl sites for hydroxylation is 1. The first-order valence-corrected chi connectivity index (χ1v) is 6.01. The first-order valence-electron chi connectivity index (χ1n) is 6.01. The molecule has 8 nitrogen and oxygen atoms in total. The normalized spacial score (nSPS) is 10.8. The van der Waals surface area contributed by atoms with E-state index in [1.165, 1.54) is 6.07 Å². The number of nitro benzene ring substituents is 1. The van der Waals surface area contributed by atoms with Crippen LogP contribution in [-0.2, 0) is 6.54 Å². The second-order valence-electron chi connectivity index (χ2n) is 4.11. The molecule has 2 aromatic heterocycles. The summed E-state index contributed by atoms with van der Waals surface area (Å²) in [6.45, 7) is 2.72. The fourth-order valence-corrected chi connectivity index (χ4v) is 1.86. The SMILES string of the molecule is CCn1cc(Nc2nc3c([N+](=O)[O-])cccc3o2)cn1. The maximum absolute atomic E-state index is 10.9. The van der Waals surface area contributed by atoms with Crippen LogP contribution in [0.15, 0.2) is 35.0 Å². The highest BCUT2D eigenvalue weighted by Gasteiger charge is 2.17. The van der Waals surface area contributed by atoms with Crippen LogP contribution in [0.5, 0.6) is 0 Å². The molecule has 102 valence electrons. The van der Waals surface area contributed by atoms with Gasteiger partial charge in [0.25, 0.3) is 5.69 Å². The number of nitrogens with zero attached hydrogens (tertiary/aromatic N) is 4. The van der Waals surface area contributed by atoms with Crippen LogP contribution in [0.4, 0.5) is 17.4 Å². The van der Waals surface area contributed by atoms with Crippen LogP contribution in [0.3, 0.4) is 0 Å². The van der Waals surface area contributed by atoms with Crippen molar-refractivity contribution in [2.24, 2.45) is 0 Å². The number of anilines is 2. The molecule has 20 heavy (non-hydrogen) atoms. The molecular weight excluding hydrogens is 262 g/mol. The molecule has 0 saturated heterocycles. The van der Waals surface area contributed by atoms with Crippen molar-refractivity contribution in [1.82, 2.24) is 14.8 Å². The van der Waals surface area contributed by atoms with Gasteiger partial charge in [-0.15, -0.1) is 0 Å². The summed E-state index contributed by atoms with van der Waals surface area (Å²) in [6.07, 6.45) is 3.43. The maximum Gasteiger partial charge on any atom is 0.300 e. The van der Waals surface area contributed by atoms with Gasteiger partial charge in [0.15, 0.2) is 11.1 Å². The minimum Gasteiger partial charge on any atom is -0.423 e. The molecule has 0 unspecified atom stereocenters. The van der Waals surface area contributed by atoms with Crippen LogP contribution in [0.2, 0.25) is 0 Å². The Kier molecular flexibility index (Phi) is 2.82. The number of aromatic nitrogens is 3. The number of rotatable bonds is 4. The lowest BCUT2D eigenvalue weighted by molar-refractivity contribution is -0.383. The van der Waals surface area contributed by atoms with Crippen molar-refractivity contribution in [3.8, 4) is 0 Å². The van der Waals surface area contributed by atoms with Gasteiger partial charge in [0.1, 0.15) is 0 Å². The van der Waals surface area contributed by atoms with Crippen molar-refractivity contribution >= 4 is 28.5 Å². The minimum absolute atomic E-state index is 0.0800. The molecule has 0 fully saturated rings. The Hall–Kier alpha value is -2.90. The number of hydrogen-bond acceptors (Lipinski definition) is 6. The molecule has 0 bridgehead atoms. The minimum atomic E-state index is -0.482. The van der Waals surface area contributed by atoms with Gasteiger partial charge in [-0.2, -0.15) is 10.1 Å². The number of nitro groups is 1. The average molecular weight is 273 g/mol. The maximum atomic E-state index is 10.9. The van der Waals surface area contributed by atoms with E-state index in [1.807, 2.05) is 6.92 Å². The highest BCUT2D eigenvalue weighted by atomic mass is 16.6. The van der Waals surface area contributed by atoms with Crippen LogP contribution in [0.1, 0.15) is 6.92 Å². The molecule has 0 radical (unpaired) electrons. The van der Waals surface area contributed by atoms with Gasteiger partial charge < -0.3 is 9.73 Å². The molecular formula is C12H11N5O3. The van der Waals surface area contributed by atoms with Gasteiger partial charge >= 0.3 is 6.01 Å². The van der Waals surface area contributed by atoms with E-state index in [4.69, 9.17) is 4.42 Å². The van der Waals surface area contributed by atoms with E-state index in [2.05, 4.69) is 15.4 Å². The van der Waals surface area contributed by atoms with Crippen LogP contribution in [-0.4, -0.2) is 19.7 Å². The third-order valence-corrected chi connectivity index (χ3v) is 2.80. The molecule has 0 saturated carbocycles. The van der Waals surface area contributed by atoms with Crippen LogP contribution in [0.25, 0.3) is 11.1 Å². The number of hydrogen-bond donors (Lipinski definition) is 1. The Morgan fingerprint density at radius 1 is 1.50 bits per heavy atom. The van der Waals surface area contributed by atoms with Crippen molar-refractivity contribution in [3.63, 3.8) is 0 Å². The fourth-order valence-electron chi connectivity index (χ4n) is 1.86. The van der Waals surface area contributed by atoms with Gasteiger partial charge in [0.05, 0.1) is 16.8 Å². The summed E-state index contributed by atoms with van der Waals surface area (Å²) >= 11 is 0. The highest BCUT2D eigenvalue weighted by molar-refractivity contribution is 5.84. The molecule has 3 aromatic rings. The summed E-state index contributed by atoms with van der Waals surface area (Å²) < 4.78 is 7.19. The summed E-state index contributed by atoms with van der Waals surface area (Å²) in [5.41, 5.74) is 1.22. The average Bonchev–Trinajstić information content (AvgIpc) is 3.03. The zero-order valence-corrected chi connectivity index (χ0v) is 10.6. The van der Waals surface area contributed by atoms with Crippen molar-refractivity contribution in [1.29, 1.82) is 0 Å². The Bertz CT molecular complexity index is 776. The van der Waals surface area contributed by atoms with Crippen molar-refractivity contribution in [2.75, 3.05) is 5.32 Å². The molecule has 1 aromatic carbocycles. The lowest BCUT2D eigenvalue weighted by Crippen LogP contribution is -1.93. The Morgan fingerprint density at radius 2 is 2.35 bits per heavy atom. The number of fused-ring (bicyclic) bond motifs is 1. The Labute approximate surface area is 113 Å². The van der Waals surface area contributed by atoms with Crippen molar-refractivity contribution < 1.29 is 9.34 Å². The lowest BCUT2D eigenvalue weighted by atomic mass is 10.3. The van der Waals surface area contributed by atoms with Crippen molar-refractivity contribution in [3.05, 3.63) is 40.7 Å². The molecule has 0 aliphatic carbocycles. The molecule has 0 atom stereocenters. The monoisotopic (exact) mass is 273 g/mol. The van der Waals surface area contributed by atoms with E-state index in [9.17, 15) is 10.1 Å². The van der Waals surface area contributed by atoms with Gasteiger partial charge in [-0.3, -0.25) is 14.8 Å². The summed E-state index contributed by atoms with van der Waals surface area (Å²) in [6, 6.07) is 4.79. The molecule has 0 spiro atoms. The second-order valence-corrected chi connectivity index (χ2v) is 4.11. The number of para-hydroxylation sites is 1. The fraction of sp³-hybridized carbons (Fsp3) is 0.167. The highest BCUT2D eigenvalue weighted by Crippen LogP contribution is 2.28. The number of oxazole rings is 1. The van der Waals surface area contributed by atoms with E-state index in [1.54, 1.807) is 29.2 Å². The summed E-state index contributed by atoms with van der Waals surface area (Å²) in [5, 5.41) is 18.0. The first-order chi connectivity index (χ1) is 9.67. The quantitative estimate of drug-likeness (QED) is 0.579. The molecule has 0 aliphatic heterocycles. The molecule has 0 aliphatic rings. The Balaban J connectivity index is 1.96. The van der Waals surface area contributed by atoms with E-state index < -0.39 is 4.92 Å². The molecule has 3 rings (SSSR count). The largest absolute Gasteiger partial charge is 0.423 e. The topological polar surface area (TPSA) is 99.0 Å². The third-order valence-electron chi connectivity index (χ3n) is 2.80. The predicted octanol–water partition coefficient (Wildman–Crippen LogP) is 2.70. The predicted molar refractivity (Wildman–Crippen MR) is 71.8 cm³/mol.